The van der Waals surface area contributed by atoms with Gasteiger partial charge in [-0.15, -0.1) is 0 Å². The molecule has 0 unspecified atom stereocenters. The Kier molecular flexibility index (Phi) is 6.67. The quantitative estimate of drug-likeness (QED) is 0.424. The summed E-state index contributed by atoms with van der Waals surface area (Å²) in [5, 5.41) is 0. The van der Waals surface area contributed by atoms with E-state index in [-0.39, 0.29) is 6.42 Å². The molecule has 23 heavy (non-hydrogen) atoms. The molecule has 0 aliphatic carbocycles. The van der Waals surface area contributed by atoms with Crippen molar-refractivity contribution in [3.63, 3.8) is 0 Å². The van der Waals surface area contributed by atoms with Crippen molar-refractivity contribution in [2.75, 3.05) is 13.2 Å². The molecule has 0 amide bonds. The first-order chi connectivity index (χ1) is 10.00. The molecule has 0 bridgehead atoms. The maximum Gasteiger partial charge on any atom is 0.511 e. The van der Waals surface area contributed by atoms with Crippen LogP contribution in [0.2, 0.25) is 0 Å². The van der Waals surface area contributed by atoms with Crippen LogP contribution in [0, 0.1) is 5.41 Å². The van der Waals surface area contributed by atoms with Gasteiger partial charge in [0.25, 0.3) is 0 Å². The van der Waals surface area contributed by atoms with Crippen LogP contribution in [0.15, 0.2) is 12.2 Å². The summed E-state index contributed by atoms with van der Waals surface area (Å²) in [7, 11) is -5.50. The molecule has 0 aromatic carbocycles. The number of nitrogens with one attached hydrogen (secondary N) is 1. The first kappa shape index (κ1) is 21.7. The normalized spacial score (nSPS) is 13.7. The van der Waals surface area contributed by atoms with Crippen LogP contribution in [0.5, 0.6) is 0 Å². The smallest absolute Gasteiger partial charge is 0.462 e. The maximum absolute atomic E-state index is 12.2. The SMILES string of the molecule is C=C(C(=O)OCC(C)(C)CCNS(=O)(=O)C(F)(F)F)C(F)(F)F. The first-order valence-electron chi connectivity index (χ1n) is 5.99. The summed E-state index contributed by atoms with van der Waals surface area (Å²) >= 11 is 0. The molecule has 0 aromatic heterocycles. The van der Waals surface area contributed by atoms with E-state index in [1.165, 1.54) is 18.6 Å². The largest absolute Gasteiger partial charge is 0.511 e. The molecular formula is C11H15F6NO4S. The number of halogens is 6. The lowest BCUT2D eigenvalue weighted by Gasteiger charge is -2.24. The molecule has 0 rings (SSSR count). The van der Waals surface area contributed by atoms with Crippen LogP contribution in [-0.4, -0.2) is 39.2 Å². The topological polar surface area (TPSA) is 72.5 Å². The molecule has 1 N–H and O–H groups in total. The minimum absolute atomic E-state index is 0.214. The maximum atomic E-state index is 12.2. The third-order valence-corrected chi connectivity index (χ3v) is 3.77. The van der Waals surface area contributed by atoms with Crippen molar-refractivity contribution in [2.45, 2.75) is 32.0 Å². The van der Waals surface area contributed by atoms with Crippen LogP contribution in [0.3, 0.4) is 0 Å². The fourth-order valence-corrected chi connectivity index (χ4v) is 1.68. The molecule has 0 aliphatic rings. The highest BCUT2D eigenvalue weighted by atomic mass is 32.2. The third-order valence-electron chi connectivity index (χ3n) is 2.58. The van der Waals surface area contributed by atoms with E-state index in [2.05, 4.69) is 11.3 Å². The van der Waals surface area contributed by atoms with E-state index >= 15 is 0 Å². The zero-order valence-electron chi connectivity index (χ0n) is 12.1. The van der Waals surface area contributed by atoms with Gasteiger partial charge in [-0.1, -0.05) is 20.4 Å². The van der Waals surface area contributed by atoms with Gasteiger partial charge in [-0.2, -0.15) is 26.3 Å². The molecule has 5 nitrogen and oxygen atoms in total. The lowest BCUT2D eigenvalue weighted by atomic mass is 9.91. The van der Waals surface area contributed by atoms with E-state index < -0.39 is 51.8 Å². The second kappa shape index (κ2) is 7.07. The average molecular weight is 371 g/mol. The van der Waals surface area contributed by atoms with Crippen molar-refractivity contribution >= 4 is 16.0 Å². The highest BCUT2D eigenvalue weighted by Gasteiger charge is 2.45. The number of carbonyl (C=O) groups is 1. The fraction of sp³-hybridized carbons (Fsp3) is 0.727. The van der Waals surface area contributed by atoms with Crippen LogP contribution in [0.1, 0.15) is 20.3 Å². The monoisotopic (exact) mass is 371 g/mol. The van der Waals surface area contributed by atoms with E-state index in [4.69, 9.17) is 0 Å². The van der Waals surface area contributed by atoms with Crippen LogP contribution < -0.4 is 4.72 Å². The molecule has 12 heteroatoms. The van der Waals surface area contributed by atoms with Crippen molar-refractivity contribution in [3.8, 4) is 0 Å². The summed E-state index contributed by atoms with van der Waals surface area (Å²) in [6, 6.07) is 0. The molecule has 0 heterocycles. The molecular weight excluding hydrogens is 356 g/mol. The van der Waals surface area contributed by atoms with Gasteiger partial charge in [-0.25, -0.2) is 17.9 Å². The van der Waals surface area contributed by atoms with E-state index in [1.54, 1.807) is 0 Å². The molecule has 0 fully saturated rings. The standard InChI is InChI=1S/C11H15F6NO4S/c1-7(10(12,13)14)8(19)22-6-9(2,3)4-5-18-23(20,21)11(15,16)17/h18H,1,4-6H2,2-3H3. The number of hydrogen-bond acceptors (Lipinski definition) is 4. The molecule has 0 atom stereocenters. The number of hydrogen-bond donors (Lipinski definition) is 1. The van der Waals surface area contributed by atoms with Gasteiger partial charge >= 0.3 is 27.7 Å². The Morgan fingerprint density at radius 2 is 1.61 bits per heavy atom. The van der Waals surface area contributed by atoms with E-state index in [1.807, 2.05) is 0 Å². The Hall–Kier alpha value is -1.30. The highest BCUT2D eigenvalue weighted by molar-refractivity contribution is 7.90. The predicted molar refractivity (Wildman–Crippen MR) is 67.5 cm³/mol. The van der Waals surface area contributed by atoms with Crippen molar-refractivity contribution in [1.29, 1.82) is 0 Å². The van der Waals surface area contributed by atoms with Gasteiger partial charge in [-0.05, 0) is 6.42 Å². The third kappa shape index (κ3) is 7.20. The van der Waals surface area contributed by atoms with Crippen LogP contribution in [0.4, 0.5) is 26.3 Å². The highest BCUT2D eigenvalue weighted by Crippen LogP contribution is 2.27. The fourth-order valence-electron chi connectivity index (χ4n) is 1.14. The van der Waals surface area contributed by atoms with E-state index in [0.717, 1.165) is 0 Å². The van der Waals surface area contributed by atoms with Gasteiger partial charge in [0, 0.05) is 12.0 Å². The zero-order chi connectivity index (χ0) is 18.7. The Morgan fingerprint density at radius 3 is 2.00 bits per heavy atom. The first-order valence-corrected chi connectivity index (χ1v) is 7.47. The van der Waals surface area contributed by atoms with Gasteiger partial charge in [-0.3, -0.25) is 0 Å². The number of esters is 1. The number of ether oxygens (including phenoxy) is 1. The molecule has 0 aromatic rings. The van der Waals surface area contributed by atoms with E-state index in [9.17, 15) is 39.6 Å². The summed E-state index contributed by atoms with van der Waals surface area (Å²) in [5.74, 6) is -1.71. The molecule has 0 saturated carbocycles. The second-order valence-corrected chi connectivity index (χ2v) is 7.07. The minimum atomic E-state index is -5.50. The average Bonchev–Trinajstić information content (AvgIpc) is 2.32. The lowest BCUT2D eigenvalue weighted by molar-refractivity contribution is -0.153. The Labute approximate surface area is 128 Å². The molecule has 0 saturated heterocycles. The molecule has 0 aliphatic heterocycles. The van der Waals surface area contributed by atoms with Gasteiger partial charge in [0.1, 0.15) is 5.57 Å². The van der Waals surface area contributed by atoms with Gasteiger partial charge in [0.05, 0.1) is 6.61 Å². The van der Waals surface area contributed by atoms with Crippen molar-refractivity contribution in [3.05, 3.63) is 12.2 Å². The van der Waals surface area contributed by atoms with Gasteiger partial charge < -0.3 is 4.74 Å². The number of rotatable bonds is 7. The number of carbonyl (C=O) groups excluding carboxylic acids is 1. The van der Waals surface area contributed by atoms with Crippen LogP contribution in [-0.2, 0) is 19.6 Å². The van der Waals surface area contributed by atoms with Crippen LogP contribution >= 0.6 is 0 Å². The van der Waals surface area contributed by atoms with Crippen molar-refractivity contribution in [2.24, 2.45) is 5.41 Å². The zero-order valence-corrected chi connectivity index (χ0v) is 13.0. The summed E-state index contributed by atoms with van der Waals surface area (Å²) < 4.78 is 99.9. The summed E-state index contributed by atoms with van der Waals surface area (Å²) in [6.07, 6.45) is -5.17. The minimum Gasteiger partial charge on any atom is -0.462 e. The van der Waals surface area contributed by atoms with Crippen LogP contribution in [0.25, 0.3) is 0 Å². The number of alkyl halides is 6. The molecule has 136 valence electrons. The summed E-state index contributed by atoms with van der Waals surface area (Å²) in [6.45, 7) is 4.09. The Bertz CT molecular complexity index is 550. The van der Waals surface area contributed by atoms with E-state index in [0.29, 0.717) is 0 Å². The summed E-state index contributed by atoms with van der Waals surface area (Å²) in [5.41, 5.74) is -8.24. The molecule has 0 radical (unpaired) electrons. The Balaban J connectivity index is 4.47. The predicted octanol–water partition coefficient (Wildman–Crippen LogP) is 2.50. The van der Waals surface area contributed by atoms with Gasteiger partial charge in [0.2, 0.25) is 0 Å². The van der Waals surface area contributed by atoms with Crippen molar-refractivity contribution < 1.29 is 44.3 Å². The molecule has 0 spiro atoms. The second-order valence-electron chi connectivity index (χ2n) is 5.31. The van der Waals surface area contributed by atoms with Crippen molar-refractivity contribution in [1.82, 2.24) is 4.72 Å². The number of sulfonamides is 1. The van der Waals surface area contributed by atoms with Gasteiger partial charge in [0.15, 0.2) is 0 Å². The summed E-state index contributed by atoms with van der Waals surface area (Å²) in [4.78, 5) is 11.1. The lowest BCUT2D eigenvalue weighted by Crippen LogP contribution is -2.38. The Morgan fingerprint density at radius 1 is 1.13 bits per heavy atom.